The fraction of sp³-hybridized carbons (Fsp3) is 0.429. The van der Waals surface area contributed by atoms with E-state index in [0.29, 0.717) is 44.0 Å². The number of hydrogen-bond acceptors (Lipinski definition) is 5. The number of benzene rings is 2. The van der Waals surface area contributed by atoms with E-state index in [0.717, 1.165) is 29.7 Å². The van der Waals surface area contributed by atoms with Gasteiger partial charge in [-0.15, -0.1) is 0 Å². The number of unbranched alkanes of at least 4 members (excludes halogenated alkanes) is 2. The zero-order valence-corrected chi connectivity index (χ0v) is 20.8. The summed E-state index contributed by atoms with van der Waals surface area (Å²) in [5.41, 5.74) is 1.20. The normalized spacial score (nSPS) is 11.4. The molecule has 0 saturated heterocycles. The molecule has 35 heavy (non-hydrogen) atoms. The van der Waals surface area contributed by atoms with Crippen LogP contribution in [0.15, 0.2) is 42.5 Å². The van der Waals surface area contributed by atoms with E-state index in [-0.39, 0.29) is 6.42 Å². The molecule has 7 nitrogen and oxygen atoms in total. The van der Waals surface area contributed by atoms with Crippen molar-refractivity contribution in [3.05, 3.63) is 53.6 Å². The molecule has 190 valence electrons. The summed E-state index contributed by atoms with van der Waals surface area (Å²) in [6.07, 6.45) is 7.63. The SMILES string of the molecule is COc1cc(/C=C/c2ccc(OCCCC(C)(C)C(=O)O)cc2)cc(OCCCCCC(=O)O)c1. The van der Waals surface area contributed by atoms with Gasteiger partial charge in [-0.2, -0.15) is 0 Å². The van der Waals surface area contributed by atoms with Crippen LogP contribution in [0.3, 0.4) is 0 Å². The van der Waals surface area contributed by atoms with Crippen LogP contribution in [0.4, 0.5) is 0 Å². The van der Waals surface area contributed by atoms with Crippen LogP contribution in [0.25, 0.3) is 12.2 Å². The largest absolute Gasteiger partial charge is 0.497 e. The van der Waals surface area contributed by atoms with Gasteiger partial charge in [0.05, 0.1) is 25.7 Å². The van der Waals surface area contributed by atoms with Gasteiger partial charge in [0, 0.05) is 12.5 Å². The first-order chi connectivity index (χ1) is 16.7. The molecule has 0 radical (unpaired) electrons. The zero-order valence-electron chi connectivity index (χ0n) is 20.8. The van der Waals surface area contributed by atoms with Gasteiger partial charge >= 0.3 is 11.9 Å². The predicted octanol–water partition coefficient (Wildman–Crippen LogP) is 6.16. The number of methoxy groups -OCH3 is 1. The first-order valence-electron chi connectivity index (χ1n) is 11.9. The van der Waals surface area contributed by atoms with Gasteiger partial charge in [0.15, 0.2) is 0 Å². The third-order valence-electron chi connectivity index (χ3n) is 5.58. The summed E-state index contributed by atoms with van der Waals surface area (Å²) >= 11 is 0. The minimum absolute atomic E-state index is 0.187. The van der Waals surface area contributed by atoms with Gasteiger partial charge in [-0.25, -0.2) is 0 Å². The number of hydrogen-bond donors (Lipinski definition) is 2. The maximum Gasteiger partial charge on any atom is 0.309 e. The first kappa shape index (κ1) is 27.8. The molecule has 0 unspecified atom stereocenters. The van der Waals surface area contributed by atoms with E-state index in [4.69, 9.17) is 24.4 Å². The van der Waals surface area contributed by atoms with Crippen molar-refractivity contribution >= 4 is 24.1 Å². The molecule has 0 aliphatic rings. The Morgan fingerprint density at radius 2 is 1.43 bits per heavy atom. The van der Waals surface area contributed by atoms with Gasteiger partial charge in [0.2, 0.25) is 0 Å². The molecule has 0 heterocycles. The van der Waals surface area contributed by atoms with Gasteiger partial charge in [0.1, 0.15) is 17.2 Å². The van der Waals surface area contributed by atoms with Gasteiger partial charge in [-0.1, -0.05) is 24.3 Å². The number of carboxylic acid groups (broad SMARTS) is 2. The quantitative estimate of drug-likeness (QED) is 0.217. The van der Waals surface area contributed by atoms with Crippen molar-refractivity contribution in [1.82, 2.24) is 0 Å². The molecule has 0 aromatic heterocycles. The number of carbonyl (C=O) groups is 2. The van der Waals surface area contributed by atoms with Crippen molar-refractivity contribution in [3.8, 4) is 17.2 Å². The zero-order chi connectivity index (χ0) is 25.7. The van der Waals surface area contributed by atoms with Crippen LogP contribution in [-0.4, -0.2) is 42.5 Å². The second kappa shape index (κ2) is 14.0. The first-order valence-corrected chi connectivity index (χ1v) is 11.9. The lowest BCUT2D eigenvalue weighted by atomic mass is 9.88. The fourth-order valence-electron chi connectivity index (χ4n) is 3.31. The third kappa shape index (κ3) is 10.5. The summed E-state index contributed by atoms with van der Waals surface area (Å²) in [6.45, 7) is 4.43. The van der Waals surface area contributed by atoms with E-state index >= 15 is 0 Å². The standard InChI is InChI=1S/C28H36O7/c1-28(2,27(31)32)15-7-17-34-23-13-11-21(12-14-23)9-10-22-18-24(33-3)20-25(19-22)35-16-6-4-5-8-26(29)30/h9-14,18-20H,4-8,15-17H2,1-3H3,(H,29,30)(H,31,32)/b10-9+. The van der Waals surface area contributed by atoms with Crippen LogP contribution in [0.2, 0.25) is 0 Å². The van der Waals surface area contributed by atoms with Crippen molar-refractivity contribution in [3.63, 3.8) is 0 Å². The predicted molar refractivity (Wildman–Crippen MR) is 136 cm³/mol. The molecule has 0 bridgehead atoms. The molecule has 0 fully saturated rings. The lowest BCUT2D eigenvalue weighted by Gasteiger charge is -2.18. The Balaban J connectivity index is 1.86. The molecule has 7 heteroatoms. The highest BCUT2D eigenvalue weighted by atomic mass is 16.5. The third-order valence-corrected chi connectivity index (χ3v) is 5.58. The molecule has 0 aliphatic heterocycles. The summed E-state index contributed by atoms with van der Waals surface area (Å²) in [5.74, 6) is 0.585. The highest BCUT2D eigenvalue weighted by Gasteiger charge is 2.26. The van der Waals surface area contributed by atoms with E-state index in [9.17, 15) is 9.59 Å². The average Bonchev–Trinajstić information content (AvgIpc) is 2.83. The van der Waals surface area contributed by atoms with E-state index in [2.05, 4.69) is 0 Å². The highest BCUT2D eigenvalue weighted by molar-refractivity contribution is 5.73. The molecule has 2 N–H and O–H groups in total. The van der Waals surface area contributed by atoms with Crippen molar-refractivity contribution in [1.29, 1.82) is 0 Å². The van der Waals surface area contributed by atoms with Crippen molar-refractivity contribution in [2.24, 2.45) is 5.41 Å². The molecule has 2 rings (SSSR count). The fourth-order valence-corrected chi connectivity index (χ4v) is 3.31. The molecule has 0 aliphatic carbocycles. The molecule has 0 amide bonds. The summed E-state index contributed by atoms with van der Waals surface area (Å²) in [5, 5.41) is 17.9. The Labute approximate surface area is 207 Å². The Morgan fingerprint density at radius 1 is 0.800 bits per heavy atom. The lowest BCUT2D eigenvalue weighted by molar-refractivity contribution is -0.147. The van der Waals surface area contributed by atoms with Crippen LogP contribution in [0.5, 0.6) is 17.2 Å². The van der Waals surface area contributed by atoms with Crippen molar-refractivity contribution in [2.75, 3.05) is 20.3 Å². The maximum absolute atomic E-state index is 11.2. The highest BCUT2D eigenvalue weighted by Crippen LogP contribution is 2.25. The molecular weight excluding hydrogens is 448 g/mol. The number of rotatable bonds is 16. The Kier molecular flexibility index (Phi) is 11.1. The van der Waals surface area contributed by atoms with Gasteiger partial charge in [0.25, 0.3) is 0 Å². The molecule has 0 atom stereocenters. The molecule has 2 aromatic rings. The maximum atomic E-state index is 11.2. The van der Waals surface area contributed by atoms with E-state index in [1.54, 1.807) is 21.0 Å². The van der Waals surface area contributed by atoms with Crippen LogP contribution in [0, 0.1) is 5.41 Å². The number of ether oxygens (including phenoxy) is 3. The molecule has 0 spiro atoms. The van der Waals surface area contributed by atoms with E-state index in [1.807, 2.05) is 54.6 Å². The lowest BCUT2D eigenvalue weighted by Crippen LogP contribution is -2.24. The van der Waals surface area contributed by atoms with Crippen molar-refractivity contribution in [2.45, 2.75) is 52.4 Å². The van der Waals surface area contributed by atoms with Gasteiger partial charge in [-0.3, -0.25) is 9.59 Å². The monoisotopic (exact) mass is 484 g/mol. The average molecular weight is 485 g/mol. The van der Waals surface area contributed by atoms with E-state index < -0.39 is 17.4 Å². The smallest absolute Gasteiger partial charge is 0.309 e. The Morgan fingerprint density at radius 3 is 2.09 bits per heavy atom. The van der Waals surface area contributed by atoms with Crippen LogP contribution >= 0.6 is 0 Å². The van der Waals surface area contributed by atoms with Crippen LogP contribution in [-0.2, 0) is 9.59 Å². The van der Waals surface area contributed by atoms with Gasteiger partial charge in [-0.05, 0) is 81.3 Å². The molecule has 0 saturated carbocycles. The second-order valence-corrected chi connectivity index (χ2v) is 9.04. The van der Waals surface area contributed by atoms with Crippen LogP contribution < -0.4 is 14.2 Å². The van der Waals surface area contributed by atoms with Gasteiger partial charge < -0.3 is 24.4 Å². The van der Waals surface area contributed by atoms with E-state index in [1.165, 1.54) is 0 Å². The number of aliphatic carboxylic acids is 2. The second-order valence-electron chi connectivity index (χ2n) is 9.04. The number of carboxylic acids is 2. The minimum Gasteiger partial charge on any atom is -0.497 e. The van der Waals surface area contributed by atoms with Crippen molar-refractivity contribution < 1.29 is 34.0 Å². The topological polar surface area (TPSA) is 102 Å². The Hall–Kier alpha value is -3.48. The summed E-state index contributed by atoms with van der Waals surface area (Å²) in [6, 6.07) is 13.4. The molecular formula is C28H36O7. The summed E-state index contributed by atoms with van der Waals surface area (Å²) in [7, 11) is 1.61. The minimum atomic E-state index is -0.795. The van der Waals surface area contributed by atoms with Crippen LogP contribution in [0.1, 0.15) is 63.5 Å². The Bertz CT molecular complexity index is 977. The summed E-state index contributed by atoms with van der Waals surface area (Å²) in [4.78, 5) is 21.7. The molecule has 2 aromatic carbocycles. The summed E-state index contributed by atoms with van der Waals surface area (Å²) < 4.78 is 17.0.